The van der Waals surface area contributed by atoms with Crippen LogP contribution in [0.15, 0.2) is 71.6 Å². The van der Waals surface area contributed by atoms with Crippen molar-refractivity contribution in [2.24, 2.45) is 0 Å². The summed E-state index contributed by atoms with van der Waals surface area (Å²) in [7, 11) is -3.60. The smallest absolute Gasteiger partial charge is 0.258 e. The normalized spacial score (nSPS) is 13.3. The number of rotatable bonds is 5. The zero-order chi connectivity index (χ0) is 21.3. The van der Waals surface area contributed by atoms with Gasteiger partial charge in [-0.15, -0.1) is 0 Å². The number of hydrogen-bond acceptors (Lipinski definition) is 3. The number of nitrogens with zero attached hydrogens (tertiary/aromatic N) is 1. The summed E-state index contributed by atoms with van der Waals surface area (Å²) < 4.78 is 27.8. The molecule has 0 saturated heterocycles. The Balaban J connectivity index is 1.52. The lowest BCUT2D eigenvalue weighted by molar-refractivity contribution is 0.0989. The van der Waals surface area contributed by atoms with Crippen molar-refractivity contribution in [2.75, 3.05) is 11.4 Å². The minimum Gasteiger partial charge on any atom is -0.308 e. The molecule has 3 aromatic rings. The Morgan fingerprint density at radius 2 is 1.57 bits per heavy atom. The number of carbonyl (C=O) groups excluding carboxylic acids is 1. The first-order valence-electron chi connectivity index (χ1n) is 9.90. The Morgan fingerprint density at radius 3 is 2.23 bits per heavy atom. The van der Waals surface area contributed by atoms with Gasteiger partial charge in [0, 0.05) is 24.3 Å². The van der Waals surface area contributed by atoms with Crippen LogP contribution < -0.4 is 9.62 Å². The van der Waals surface area contributed by atoms with Crippen molar-refractivity contribution >= 4 is 21.6 Å². The summed E-state index contributed by atoms with van der Waals surface area (Å²) in [4.78, 5) is 15.0. The van der Waals surface area contributed by atoms with Gasteiger partial charge >= 0.3 is 0 Å². The van der Waals surface area contributed by atoms with E-state index in [2.05, 4.69) is 4.72 Å². The van der Waals surface area contributed by atoms with Gasteiger partial charge < -0.3 is 4.90 Å². The molecule has 5 nitrogen and oxygen atoms in total. The van der Waals surface area contributed by atoms with Crippen LogP contribution in [0.4, 0.5) is 5.69 Å². The van der Waals surface area contributed by atoms with Crippen LogP contribution in [0.5, 0.6) is 0 Å². The van der Waals surface area contributed by atoms with Crippen LogP contribution in [0.1, 0.15) is 32.6 Å². The van der Waals surface area contributed by atoms with Crippen molar-refractivity contribution in [3.63, 3.8) is 0 Å². The van der Waals surface area contributed by atoms with Crippen molar-refractivity contribution in [1.29, 1.82) is 0 Å². The van der Waals surface area contributed by atoms with Crippen LogP contribution in [0.3, 0.4) is 0 Å². The Hall–Kier alpha value is -2.96. The number of anilines is 1. The van der Waals surface area contributed by atoms with Crippen molar-refractivity contribution in [2.45, 2.75) is 31.7 Å². The zero-order valence-corrected chi connectivity index (χ0v) is 17.9. The molecule has 0 saturated carbocycles. The van der Waals surface area contributed by atoms with Crippen molar-refractivity contribution in [3.8, 4) is 0 Å². The van der Waals surface area contributed by atoms with Crippen LogP contribution in [0.25, 0.3) is 0 Å². The Labute approximate surface area is 177 Å². The second-order valence-corrected chi connectivity index (χ2v) is 9.44. The van der Waals surface area contributed by atoms with Gasteiger partial charge in [0.2, 0.25) is 10.0 Å². The van der Waals surface area contributed by atoms with E-state index < -0.39 is 10.0 Å². The van der Waals surface area contributed by atoms with Gasteiger partial charge in [-0.2, -0.15) is 0 Å². The molecule has 0 bridgehead atoms. The molecular weight excluding hydrogens is 396 g/mol. The number of aryl methyl sites for hydroxylation is 2. The number of hydrogen-bond donors (Lipinski definition) is 1. The molecular formula is C24H24N2O3S. The summed E-state index contributed by atoms with van der Waals surface area (Å²) in [6.07, 6.45) is 0.794. The zero-order valence-electron chi connectivity index (χ0n) is 17.1. The predicted octanol–water partition coefficient (Wildman–Crippen LogP) is 3.98. The van der Waals surface area contributed by atoms with Gasteiger partial charge in [0.25, 0.3) is 5.91 Å². The Morgan fingerprint density at radius 1 is 0.933 bits per heavy atom. The molecule has 0 unspecified atom stereocenters. The minimum absolute atomic E-state index is 0.0360. The molecule has 1 aliphatic heterocycles. The van der Waals surface area contributed by atoms with Crippen LogP contribution in [-0.2, 0) is 23.0 Å². The average molecular weight is 421 g/mol. The van der Waals surface area contributed by atoms with E-state index in [4.69, 9.17) is 0 Å². The number of amides is 1. The van der Waals surface area contributed by atoms with Crippen molar-refractivity contribution < 1.29 is 13.2 Å². The maximum Gasteiger partial charge on any atom is 0.258 e. The maximum absolute atomic E-state index is 13.0. The summed E-state index contributed by atoms with van der Waals surface area (Å²) in [6, 6.07) is 20.1. The predicted molar refractivity (Wildman–Crippen MR) is 118 cm³/mol. The first kappa shape index (κ1) is 20.3. The van der Waals surface area contributed by atoms with E-state index in [9.17, 15) is 13.2 Å². The van der Waals surface area contributed by atoms with E-state index in [1.807, 2.05) is 56.3 Å². The largest absolute Gasteiger partial charge is 0.308 e. The van der Waals surface area contributed by atoms with Gasteiger partial charge in [0.1, 0.15) is 0 Å². The highest BCUT2D eigenvalue weighted by molar-refractivity contribution is 7.89. The highest BCUT2D eigenvalue weighted by Crippen LogP contribution is 2.30. The summed E-state index contributed by atoms with van der Waals surface area (Å²) in [6.45, 7) is 4.69. The number of nitrogens with one attached hydrogen (secondary N) is 1. The molecule has 0 aliphatic carbocycles. The first-order chi connectivity index (χ1) is 14.3. The summed E-state index contributed by atoms with van der Waals surface area (Å²) in [5.74, 6) is -0.0360. The molecule has 1 heterocycles. The second kappa shape index (κ2) is 8.05. The number of carbonyl (C=O) groups is 1. The third-order valence-corrected chi connectivity index (χ3v) is 6.80. The molecule has 1 aliphatic rings. The molecule has 3 aromatic carbocycles. The lowest BCUT2D eigenvalue weighted by Gasteiger charge is -2.18. The lowest BCUT2D eigenvalue weighted by Crippen LogP contribution is -2.29. The van der Waals surface area contributed by atoms with Gasteiger partial charge in [0.15, 0.2) is 0 Å². The molecule has 1 N–H and O–H groups in total. The molecule has 154 valence electrons. The fraction of sp³-hybridized carbons (Fsp3) is 0.208. The van der Waals surface area contributed by atoms with Crippen molar-refractivity contribution in [3.05, 3.63) is 94.5 Å². The van der Waals surface area contributed by atoms with Crippen LogP contribution in [-0.4, -0.2) is 20.9 Å². The molecule has 0 radical (unpaired) electrons. The Kier molecular flexibility index (Phi) is 5.45. The van der Waals surface area contributed by atoms with Gasteiger partial charge in [-0.1, -0.05) is 47.5 Å². The average Bonchev–Trinajstić information content (AvgIpc) is 3.16. The van der Waals surface area contributed by atoms with E-state index >= 15 is 0 Å². The molecule has 0 atom stereocenters. The summed E-state index contributed by atoms with van der Waals surface area (Å²) >= 11 is 0. The molecule has 1 amide bonds. The number of benzene rings is 3. The third-order valence-electron chi connectivity index (χ3n) is 5.39. The maximum atomic E-state index is 13.0. The van der Waals surface area contributed by atoms with E-state index in [0.29, 0.717) is 12.1 Å². The molecule has 30 heavy (non-hydrogen) atoms. The number of sulfonamides is 1. The minimum atomic E-state index is -3.60. The molecule has 0 spiro atoms. The molecule has 4 rings (SSSR count). The monoisotopic (exact) mass is 420 g/mol. The van der Waals surface area contributed by atoms with Gasteiger partial charge in [0.05, 0.1) is 4.90 Å². The molecule has 6 heteroatoms. The van der Waals surface area contributed by atoms with Crippen LogP contribution in [0.2, 0.25) is 0 Å². The Bertz CT molecular complexity index is 1180. The molecule has 0 fully saturated rings. The quantitative estimate of drug-likeness (QED) is 0.679. The van der Waals surface area contributed by atoms with Gasteiger partial charge in [-0.25, -0.2) is 13.1 Å². The summed E-state index contributed by atoms with van der Waals surface area (Å²) in [5, 5.41) is 0. The van der Waals surface area contributed by atoms with E-state index in [-0.39, 0.29) is 17.3 Å². The molecule has 0 aromatic heterocycles. The van der Waals surface area contributed by atoms with Crippen LogP contribution >= 0.6 is 0 Å². The van der Waals surface area contributed by atoms with Crippen molar-refractivity contribution in [1.82, 2.24) is 4.72 Å². The van der Waals surface area contributed by atoms with E-state index in [0.717, 1.165) is 34.4 Å². The third kappa shape index (κ3) is 4.15. The highest BCUT2D eigenvalue weighted by Gasteiger charge is 2.26. The highest BCUT2D eigenvalue weighted by atomic mass is 32.2. The second-order valence-electron chi connectivity index (χ2n) is 7.67. The van der Waals surface area contributed by atoms with Crippen LogP contribution in [0, 0.1) is 13.8 Å². The van der Waals surface area contributed by atoms with Gasteiger partial charge in [-0.3, -0.25) is 4.79 Å². The SMILES string of the molecule is Cc1ccc(C(=O)N2CCc3ccc(CNS(=O)(=O)c4ccc(C)cc4)cc32)cc1. The standard InChI is InChI=1S/C24H24N2O3S/c1-17-3-8-21(9-4-17)24(27)26-14-13-20-10-7-19(15-23(20)26)16-25-30(28,29)22-11-5-18(2)6-12-22/h3-12,15,25H,13-14,16H2,1-2H3. The number of fused-ring (bicyclic) bond motifs is 1. The summed E-state index contributed by atoms with van der Waals surface area (Å²) in [5.41, 5.74) is 5.53. The van der Waals surface area contributed by atoms with Gasteiger partial charge in [-0.05, 0) is 61.7 Å². The fourth-order valence-electron chi connectivity index (χ4n) is 3.58. The fourth-order valence-corrected chi connectivity index (χ4v) is 4.59. The topological polar surface area (TPSA) is 66.5 Å². The van der Waals surface area contributed by atoms with E-state index in [1.165, 1.54) is 0 Å². The lowest BCUT2D eigenvalue weighted by atomic mass is 10.1. The first-order valence-corrected chi connectivity index (χ1v) is 11.4. The van der Waals surface area contributed by atoms with E-state index in [1.54, 1.807) is 29.2 Å².